The van der Waals surface area contributed by atoms with Crippen LogP contribution in [0.5, 0.6) is 0 Å². The maximum Gasteiger partial charge on any atom is 0.240 e. The van der Waals surface area contributed by atoms with Crippen molar-refractivity contribution in [2.45, 2.75) is 0 Å². The summed E-state index contributed by atoms with van der Waals surface area (Å²) < 4.78 is 1.69. The van der Waals surface area contributed by atoms with Crippen LogP contribution < -0.4 is 5.73 Å². The van der Waals surface area contributed by atoms with Crippen molar-refractivity contribution in [3.63, 3.8) is 0 Å². The van der Waals surface area contributed by atoms with E-state index in [9.17, 15) is 0 Å². The molecule has 78 valence electrons. The van der Waals surface area contributed by atoms with Crippen molar-refractivity contribution in [1.82, 2.24) is 19.6 Å². The summed E-state index contributed by atoms with van der Waals surface area (Å²) in [6.45, 7) is 0. The third-order valence-electron chi connectivity index (χ3n) is 2.30. The van der Waals surface area contributed by atoms with Gasteiger partial charge in [0.1, 0.15) is 0 Å². The Morgan fingerprint density at radius 1 is 1.06 bits per heavy atom. The minimum absolute atomic E-state index is 0.267. The number of pyridine rings is 2. The summed E-state index contributed by atoms with van der Waals surface area (Å²) in [4.78, 5) is 8.38. The van der Waals surface area contributed by atoms with Crippen molar-refractivity contribution in [2.75, 3.05) is 5.73 Å². The number of hydrogen-bond acceptors (Lipinski definition) is 4. The topological polar surface area (TPSA) is 69.1 Å². The molecule has 0 amide bonds. The fourth-order valence-electron chi connectivity index (χ4n) is 1.63. The highest BCUT2D eigenvalue weighted by Gasteiger charge is 2.06. The van der Waals surface area contributed by atoms with Crippen LogP contribution in [0, 0.1) is 0 Å². The average Bonchev–Trinajstić information content (AvgIpc) is 2.70. The van der Waals surface area contributed by atoms with E-state index in [0.29, 0.717) is 0 Å². The number of nitrogens with two attached hydrogens (primary N) is 1. The fourth-order valence-corrected chi connectivity index (χ4v) is 1.63. The standard InChI is InChI=1S/C11H9N5/c12-11-14-10-6-3-5-9(16(10)15-11)8-4-1-2-7-13-8/h1-7H,(H2,12,15). The zero-order valence-electron chi connectivity index (χ0n) is 8.41. The average molecular weight is 211 g/mol. The largest absolute Gasteiger partial charge is 0.366 e. The molecule has 0 saturated heterocycles. The van der Waals surface area contributed by atoms with Gasteiger partial charge in [0.05, 0.1) is 11.4 Å². The third-order valence-corrected chi connectivity index (χ3v) is 2.30. The Hall–Kier alpha value is -2.43. The molecule has 0 aliphatic heterocycles. The summed E-state index contributed by atoms with van der Waals surface area (Å²) in [5.41, 5.74) is 8.02. The van der Waals surface area contributed by atoms with Crippen LogP contribution in [-0.4, -0.2) is 19.6 Å². The molecule has 16 heavy (non-hydrogen) atoms. The summed E-state index contributed by atoms with van der Waals surface area (Å²) in [6.07, 6.45) is 1.74. The van der Waals surface area contributed by atoms with E-state index < -0.39 is 0 Å². The molecule has 0 bridgehead atoms. The van der Waals surface area contributed by atoms with Gasteiger partial charge in [-0.1, -0.05) is 12.1 Å². The molecule has 0 spiro atoms. The van der Waals surface area contributed by atoms with Gasteiger partial charge in [-0.3, -0.25) is 4.98 Å². The van der Waals surface area contributed by atoms with Crippen LogP contribution in [-0.2, 0) is 0 Å². The molecule has 5 heteroatoms. The van der Waals surface area contributed by atoms with E-state index in [-0.39, 0.29) is 5.95 Å². The van der Waals surface area contributed by atoms with E-state index >= 15 is 0 Å². The normalized spacial score (nSPS) is 10.8. The van der Waals surface area contributed by atoms with Crippen molar-refractivity contribution < 1.29 is 0 Å². The highest BCUT2D eigenvalue weighted by molar-refractivity contribution is 5.59. The Labute approximate surface area is 91.6 Å². The highest BCUT2D eigenvalue weighted by Crippen LogP contribution is 2.17. The molecule has 0 aromatic carbocycles. The van der Waals surface area contributed by atoms with E-state index in [4.69, 9.17) is 5.73 Å². The van der Waals surface area contributed by atoms with Gasteiger partial charge in [-0.05, 0) is 24.3 Å². The van der Waals surface area contributed by atoms with Crippen molar-refractivity contribution in [3.05, 3.63) is 42.6 Å². The zero-order chi connectivity index (χ0) is 11.0. The Bertz CT molecular complexity index is 629. The molecule has 3 aromatic rings. The second kappa shape index (κ2) is 3.30. The van der Waals surface area contributed by atoms with Crippen molar-refractivity contribution in [1.29, 1.82) is 0 Å². The summed E-state index contributed by atoms with van der Waals surface area (Å²) in [5.74, 6) is 0.267. The van der Waals surface area contributed by atoms with E-state index in [2.05, 4.69) is 15.1 Å². The molecule has 3 aromatic heterocycles. The number of nitrogens with zero attached hydrogens (tertiary/aromatic N) is 4. The number of nitrogen functional groups attached to an aromatic ring is 1. The summed E-state index contributed by atoms with van der Waals surface area (Å²) in [5, 5.41) is 4.13. The van der Waals surface area contributed by atoms with Crippen LogP contribution >= 0.6 is 0 Å². The molecule has 3 heterocycles. The van der Waals surface area contributed by atoms with Gasteiger partial charge in [-0.2, -0.15) is 4.98 Å². The second-order valence-corrected chi connectivity index (χ2v) is 3.37. The maximum absolute atomic E-state index is 5.57. The molecule has 0 fully saturated rings. The van der Waals surface area contributed by atoms with Crippen LogP contribution in [0.15, 0.2) is 42.6 Å². The van der Waals surface area contributed by atoms with E-state index in [1.165, 1.54) is 0 Å². The summed E-state index contributed by atoms with van der Waals surface area (Å²) in [6, 6.07) is 11.4. The van der Waals surface area contributed by atoms with Gasteiger partial charge in [0.15, 0.2) is 5.65 Å². The lowest BCUT2D eigenvalue weighted by atomic mass is 10.2. The maximum atomic E-state index is 5.57. The first-order valence-electron chi connectivity index (χ1n) is 4.87. The molecule has 0 radical (unpaired) electrons. The minimum atomic E-state index is 0.267. The fraction of sp³-hybridized carbons (Fsp3) is 0. The Kier molecular flexibility index (Phi) is 1.83. The van der Waals surface area contributed by atoms with Gasteiger partial charge in [-0.25, -0.2) is 4.52 Å². The Morgan fingerprint density at radius 2 is 2.00 bits per heavy atom. The monoisotopic (exact) mass is 211 g/mol. The number of anilines is 1. The third kappa shape index (κ3) is 1.30. The molecule has 0 unspecified atom stereocenters. The van der Waals surface area contributed by atoms with Gasteiger partial charge < -0.3 is 5.73 Å². The van der Waals surface area contributed by atoms with Gasteiger partial charge in [0.25, 0.3) is 0 Å². The van der Waals surface area contributed by atoms with Crippen LogP contribution in [0.4, 0.5) is 5.95 Å². The highest BCUT2D eigenvalue weighted by atomic mass is 15.3. The zero-order valence-corrected chi connectivity index (χ0v) is 8.41. The Balaban J connectivity index is 2.31. The predicted octanol–water partition coefficient (Wildman–Crippen LogP) is 1.37. The van der Waals surface area contributed by atoms with Gasteiger partial charge in [0.2, 0.25) is 5.95 Å². The molecule has 0 aliphatic carbocycles. The van der Waals surface area contributed by atoms with Crippen molar-refractivity contribution in [2.24, 2.45) is 0 Å². The van der Waals surface area contributed by atoms with E-state index in [1.54, 1.807) is 10.7 Å². The first-order valence-corrected chi connectivity index (χ1v) is 4.87. The SMILES string of the molecule is Nc1nc2cccc(-c3ccccn3)n2n1. The van der Waals surface area contributed by atoms with Crippen molar-refractivity contribution >= 4 is 11.6 Å². The van der Waals surface area contributed by atoms with Gasteiger partial charge >= 0.3 is 0 Å². The molecule has 0 atom stereocenters. The number of fused-ring (bicyclic) bond motifs is 1. The number of rotatable bonds is 1. The van der Waals surface area contributed by atoms with Gasteiger partial charge in [-0.15, -0.1) is 5.10 Å². The van der Waals surface area contributed by atoms with Crippen LogP contribution in [0.3, 0.4) is 0 Å². The molecule has 0 saturated carbocycles. The quantitative estimate of drug-likeness (QED) is 0.660. The van der Waals surface area contributed by atoms with Crippen LogP contribution in [0.25, 0.3) is 17.0 Å². The molecular weight excluding hydrogens is 202 g/mol. The molecular formula is C11H9N5. The molecule has 3 rings (SSSR count). The van der Waals surface area contributed by atoms with E-state index in [1.807, 2.05) is 36.4 Å². The van der Waals surface area contributed by atoms with E-state index in [0.717, 1.165) is 17.0 Å². The first-order chi connectivity index (χ1) is 7.84. The summed E-state index contributed by atoms with van der Waals surface area (Å²) in [7, 11) is 0. The number of aromatic nitrogens is 4. The van der Waals surface area contributed by atoms with Gasteiger partial charge in [0, 0.05) is 6.20 Å². The lowest BCUT2D eigenvalue weighted by molar-refractivity contribution is 0.969. The van der Waals surface area contributed by atoms with Crippen molar-refractivity contribution in [3.8, 4) is 11.4 Å². The van der Waals surface area contributed by atoms with Crippen LogP contribution in [0.2, 0.25) is 0 Å². The molecule has 2 N–H and O–H groups in total. The first kappa shape index (κ1) is 8.84. The predicted molar refractivity (Wildman–Crippen MR) is 60.6 cm³/mol. The lowest BCUT2D eigenvalue weighted by Crippen LogP contribution is -1.95. The Morgan fingerprint density at radius 3 is 2.81 bits per heavy atom. The minimum Gasteiger partial charge on any atom is -0.366 e. The second-order valence-electron chi connectivity index (χ2n) is 3.37. The summed E-state index contributed by atoms with van der Waals surface area (Å²) >= 11 is 0. The van der Waals surface area contributed by atoms with Crippen LogP contribution in [0.1, 0.15) is 0 Å². The molecule has 5 nitrogen and oxygen atoms in total. The number of hydrogen-bond donors (Lipinski definition) is 1. The smallest absolute Gasteiger partial charge is 0.240 e. The molecule has 0 aliphatic rings. The lowest BCUT2D eigenvalue weighted by Gasteiger charge is -2.01.